The molecule has 0 saturated carbocycles. The molecule has 31 heavy (non-hydrogen) atoms. The van der Waals surface area contributed by atoms with Crippen LogP contribution in [0.2, 0.25) is 10.0 Å². The molecule has 2 aromatic heterocycles. The number of aromatic nitrogens is 2. The summed E-state index contributed by atoms with van der Waals surface area (Å²) in [4.78, 5) is 17.6. The number of hydrogen-bond donors (Lipinski definition) is 3. The van der Waals surface area contributed by atoms with Crippen LogP contribution < -0.4 is 5.32 Å². The van der Waals surface area contributed by atoms with Crippen LogP contribution in [0.25, 0.3) is 10.9 Å². The van der Waals surface area contributed by atoms with E-state index in [9.17, 15) is 13.2 Å². The maximum absolute atomic E-state index is 12.9. The lowest BCUT2D eigenvalue weighted by molar-refractivity contribution is -0.141. The van der Waals surface area contributed by atoms with E-state index in [1.165, 1.54) is 17.7 Å². The number of benzene rings is 1. The topological polar surface area (TPSA) is 81.2 Å². The van der Waals surface area contributed by atoms with Gasteiger partial charge >= 0.3 is 6.18 Å². The summed E-state index contributed by atoms with van der Waals surface area (Å²) in [6.07, 6.45) is -3.68. The lowest BCUT2D eigenvalue weighted by Crippen LogP contribution is -2.34. The third kappa shape index (κ3) is 5.61. The largest absolute Gasteiger partial charge is 0.483 e. The third-order valence-corrected chi connectivity index (χ3v) is 5.41. The number of halogens is 5. The molecule has 1 aromatic carbocycles. The Morgan fingerprint density at radius 1 is 1.26 bits per heavy atom. The maximum Gasteiger partial charge on any atom is 0.434 e. The van der Waals surface area contributed by atoms with Crippen LogP contribution in [0.4, 0.5) is 19.0 Å². The van der Waals surface area contributed by atoms with E-state index >= 15 is 0 Å². The molecule has 166 valence electrons. The number of hydrogen-bond acceptors (Lipinski definition) is 4. The van der Waals surface area contributed by atoms with E-state index in [0.717, 1.165) is 41.1 Å². The van der Waals surface area contributed by atoms with Gasteiger partial charge in [0, 0.05) is 47.8 Å². The summed E-state index contributed by atoms with van der Waals surface area (Å²) in [6.45, 7) is 2.54. The molecule has 0 atom stereocenters. The minimum atomic E-state index is -4.57. The Morgan fingerprint density at radius 2 is 2.00 bits per heavy atom. The number of carbonyl (C=O) groups is 1. The molecule has 3 aromatic rings. The summed E-state index contributed by atoms with van der Waals surface area (Å²) in [5, 5.41) is 11.3. The van der Waals surface area contributed by atoms with Gasteiger partial charge in [-0.25, -0.2) is 4.98 Å². The Bertz CT molecular complexity index is 1070. The lowest BCUT2D eigenvalue weighted by atomic mass is 10.0. The number of fused-ring (bicyclic) bond motifs is 3. The van der Waals surface area contributed by atoms with Crippen molar-refractivity contribution in [2.24, 2.45) is 0 Å². The zero-order chi connectivity index (χ0) is 22.6. The van der Waals surface area contributed by atoms with Gasteiger partial charge in [-0.05, 0) is 42.3 Å². The Morgan fingerprint density at radius 3 is 2.71 bits per heavy atom. The van der Waals surface area contributed by atoms with Crippen molar-refractivity contribution in [3.8, 4) is 0 Å². The highest BCUT2D eigenvalue weighted by Gasteiger charge is 2.35. The summed E-state index contributed by atoms with van der Waals surface area (Å²) < 4.78 is 38.7. The molecule has 6 nitrogen and oxygen atoms in total. The van der Waals surface area contributed by atoms with Gasteiger partial charge in [-0.15, -0.1) is 0 Å². The number of rotatable bonds is 4. The highest BCUT2D eigenvalue weighted by Crippen LogP contribution is 2.34. The number of nitrogens with one attached hydrogen (secondary N) is 2. The fourth-order valence-electron chi connectivity index (χ4n) is 3.54. The van der Waals surface area contributed by atoms with Crippen LogP contribution in [0.1, 0.15) is 17.0 Å². The Labute approximate surface area is 186 Å². The number of pyridine rings is 1. The fourth-order valence-corrected chi connectivity index (χ4v) is 3.93. The molecular weight excluding hydrogens is 456 g/mol. The predicted molar refractivity (Wildman–Crippen MR) is 114 cm³/mol. The van der Waals surface area contributed by atoms with Crippen molar-refractivity contribution in [2.75, 3.05) is 25.0 Å². The zero-order valence-electron chi connectivity index (χ0n) is 16.1. The quantitative estimate of drug-likeness (QED) is 0.460. The van der Waals surface area contributed by atoms with E-state index in [-0.39, 0.29) is 12.3 Å². The smallest absolute Gasteiger partial charge is 0.434 e. The SMILES string of the molecule is FC(F)(F)c1nc(NCCN2CCc3c([nH]c4ccc(Cl)cc34)C2)ccc1Cl.O=CO. The standard InChI is InChI=1S/C19H17Cl2F3N4.CH2O2/c20-11-1-3-15-13(9-11)12-5-7-28(10-16(12)26-15)8-6-25-17-4-2-14(21)18(27-17)19(22,23)24;2-1-3/h1-4,9,26H,5-8,10H2,(H,25,27);1H,(H,2,3). The Balaban J connectivity index is 0.000000858. The second-order valence-electron chi connectivity index (χ2n) is 6.86. The van der Waals surface area contributed by atoms with Crippen molar-refractivity contribution in [2.45, 2.75) is 19.1 Å². The van der Waals surface area contributed by atoms with Crippen molar-refractivity contribution < 1.29 is 23.1 Å². The number of carboxylic acid groups (broad SMARTS) is 1. The first-order valence-corrected chi connectivity index (χ1v) is 10.1. The van der Waals surface area contributed by atoms with Gasteiger partial charge in [-0.1, -0.05) is 23.2 Å². The number of H-pyrrole nitrogens is 1. The maximum atomic E-state index is 12.9. The molecule has 11 heteroatoms. The zero-order valence-corrected chi connectivity index (χ0v) is 17.7. The first kappa shape index (κ1) is 23.2. The van der Waals surface area contributed by atoms with Gasteiger partial charge in [-0.3, -0.25) is 9.69 Å². The van der Waals surface area contributed by atoms with Crippen LogP contribution in [0, 0.1) is 0 Å². The van der Waals surface area contributed by atoms with Crippen molar-refractivity contribution in [3.63, 3.8) is 0 Å². The fraction of sp³-hybridized carbons (Fsp3) is 0.300. The number of alkyl halides is 3. The molecule has 0 aliphatic carbocycles. The average Bonchev–Trinajstić information content (AvgIpc) is 3.06. The van der Waals surface area contributed by atoms with Crippen LogP contribution in [-0.2, 0) is 23.9 Å². The Kier molecular flexibility index (Phi) is 7.30. The summed E-state index contributed by atoms with van der Waals surface area (Å²) in [5.74, 6) is 0.162. The lowest BCUT2D eigenvalue weighted by Gasteiger charge is -2.27. The van der Waals surface area contributed by atoms with Crippen LogP contribution in [0.5, 0.6) is 0 Å². The second kappa shape index (κ2) is 9.76. The molecule has 0 unspecified atom stereocenters. The first-order chi connectivity index (χ1) is 14.7. The van der Waals surface area contributed by atoms with Crippen molar-refractivity contribution in [3.05, 3.63) is 57.3 Å². The number of aromatic amines is 1. The molecule has 0 spiro atoms. The van der Waals surface area contributed by atoms with E-state index in [4.69, 9.17) is 33.1 Å². The van der Waals surface area contributed by atoms with Crippen molar-refractivity contribution >= 4 is 46.4 Å². The van der Waals surface area contributed by atoms with Gasteiger partial charge in [0.15, 0.2) is 5.69 Å². The van der Waals surface area contributed by atoms with Crippen LogP contribution >= 0.6 is 23.2 Å². The minimum Gasteiger partial charge on any atom is -0.483 e. The molecule has 3 heterocycles. The first-order valence-electron chi connectivity index (χ1n) is 9.29. The summed E-state index contributed by atoms with van der Waals surface area (Å²) in [5.41, 5.74) is 2.45. The van der Waals surface area contributed by atoms with E-state index in [1.807, 2.05) is 18.2 Å². The summed E-state index contributed by atoms with van der Waals surface area (Å²) >= 11 is 11.7. The highest BCUT2D eigenvalue weighted by molar-refractivity contribution is 6.31. The van der Waals surface area contributed by atoms with Crippen molar-refractivity contribution in [1.29, 1.82) is 0 Å². The normalized spacial score (nSPS) is 14.0. The van der Waals surface area contributed by atoms with E-state index in [2.05, 4.69) is 20.2 Å². The number of anilines is 1. The molecule has 1 aliphatic heterocycles. The molecule has 4 rings (SSSR count). The molecule has 1 aliphatic rings. The van der Waals surface area contributed by atoms with Crippen LogP contribution in [-0.4, -0.2) is 46.1 Å². The highest BCUT2D eigenvalue weighted by atomic mass is 35.5. The predicted octanol–water partition coefficient (Wildman–Crippen LogP) is 5.06. The molecule has 0 saturated heterocycles. The molecule has 3 N–H and O–H groups in total. The molecule has 0 bridgehead atoms. The van der Waals surface area contributed by atoms with Gasteiger partial charge in [-0.2, -0.15) is 13.2 Å². The molecule has 0 radical (unpaired) electrons. The van der Waals surface area contributed by atoms with Gasteiger partial charge < -0.3 is 15.4 Å². The van der Waals surface area contributed by atoms with Gasteiger partial charge in [0.1, 0.15) is 5.82 Å². The van der Waals surface area contributed by atoms with Gasteiger partial charge in [0.05, 0.1) is 5.02 Å². The second-order valence-corrected chi connectivity index (χ2v) is 7.70. The van der Waals surface area contributed by atoms with Crippen LogP contribution in [0.15, 0.2) is 30.3 Å². The van der Waals surface area contributed by atoms with E-state index < -0.39 is 16.9 Å². The minimum absolute atomic E-state index is 0.162. The number of nitrogens with zero attached hydrogens (tertiary/aromatic N) is 2. The molecular formula is C20H19Cl2F3N4O2. The van der Waals surface area contributed by atoms with E-state index in [0.29, 0.717) is 13.1 Å². The molecule has 0 fully saturated rings. The van der Waals surface area contributed by atoms with Gasteiger partial charge in [0.2, 0.25) is 0 Å². The van der Waals surface area contributed by atoms with Crippen LogP contribution in [0.3, 0.4) is 0 Å². The van der Waals surface area contributed by atoms with Gasteiger partial charge in [0.25, 0.3) is 6.47 Å². The van der Waals surface area contributed by atoms with Crippen molar-refractivity contribution in [1.82, 2.24) is 14.9 Å². The van der Waals surface area contributed by atoms with E-state index in [1.54, 1.807) is 0 Å². The monoisotopic (exact) mass is 474 g/mol. The summed E-state index contributed by atoms with van der Waals surface area (Å²) in [6, 6.07) is 8.48. The Hall–Kier alpha value is -2.49. The average molecular weight is 475 g/mol. The summed E-state index contributed by atoms with van der Waals surface area (Å²) in [7, 11) is 0. The molecule has 0 amide bonds. The third-order valence-electron chi connectivity index (χ3n) is 4.86.